The number of rotatable bonds is 22. The molecule has 0 aromatic carbocycles. The van der Waals surface area contributed by atoms with Gasteiger partial charge in [0, 0.05) is 0 Å². The first-order valence-corrected chi connectivity index (χ1v) is 18.9. The van der Waals surface area contributed by atoms with Crippen molar-refractivity contribution in [2.24, 2.45) is 0 Å². The van der Waals surface area contributed by atoms with Gasteiger partial charge in [0.05, 0.1) is 26.4 Å². The van der Waals surface area contributed by atoms with E-state index in [0.29, 0.717) is 6.61 Å². The van der Waals surface area contributed by atoms with Gasteiger partial charge in [-0.05, 0) is 25.7 Å². The summed E-state index contributed by atoms with van der Waals surface area (Å²) in [5, 5.41) is 38.7. The second-order valence-corrected chi connectivity index (χ2v) is 13.8. The molecular weight excluding hydrogens is 592 g/mol. The molecule has 0 aliphatic carbocycles. The lowest BCUT2D eigenvalue weighted by molar-refractivity contribution is -0.285. The quantitative estimate of drug-likeness (QED) is 0.110. The third-order valence-corrected chi connectivity index (χ3v) is 9.76. The van der Waals surface area contributed by atoms with Gasteiger partial charge in [0.2, 0.25) is 0 Å². The Morgan fingerprint density at radius 1 is 0.478 bits per heavy atom. The molecule has 10 heteroatoms. The fraction of sp³-hybridized carbons (Fsp3) is 1.00. The summed E-state index contributed by atoms with van der Waals surface area (Å²) in [6.07, 6.45) is 20.5. The van der Waals surface area contributed by atoms with Crippen LogP contribution in [0.25, 0.3) is 0 Å². The van der Waals surface area contributed by atoms with Crippen LogP contribution in [0.5, 0.6) is 0 Å². The van der Waals surface area contributed by atoms with Gasteiger partial charge in [-0.25, -0.2) is 0 Å². The topological polar surface area (TPSA) is 136 Å². The average molecular weight is 661 g/mol. The Hall–Kier alpha value is -0.400. The minimum Gasteiger partial charge on any atom is -0.394 e. The van der Waals surface area contributed by atoms with E-state index in [1.165, 1.54) is 103 Å². The number of hydrogen-bond acceptors (Lipinski definition) is 10. The normalized spacial score (nSPS) is 34.0. The highest BCUT2D eigenvalue weighted by atomic mass is 16.7. The third kappa shape index (κ3) is 14.2. The van der Waals surface area contributed by atoms with E-state index >= 15 is 0 Å². The standard InChI is InChI=1S/2C18H34O5/c1-2-3-4-5-6-7-8-9-10-11-16-22-15(12-19)18-17(23-16)14(20)13-21-18;1-2-3-4-5-6-7-8-9-10-11-16-21-13-15(23-16)18-17(20)14(19)12-22-18/h2*14-20H,2-13H2,1H3/t2*14-,15+,16?,17+,18+/m00/s1. The first-order valence-electron chi connectivity index (χ1n) is 18.9. The van der Waals surface area contributed by atoms with Gasteiger partial charge in [-0.1, -0.05) is 117 Å². The molecule has 4 aliphatic heterocycles. The third-order valence-electron chi connectivity index (χ3n) is 9.76. The van der Waals surface area contributed by atoms with Crippen LogP contribution in [0.15, 0.2) is 0 Å². The SMILES string of the molecule is CCCCCCCCCCCC1OC[C@H]([C@H]2OC[C@H](O)[C@H]2O)O1.CCCCCCCCCCCC1O[C@H]2[C@H](OC[C@@H]2O)[C@@H](CO)O1. The molecule has 4 N–H and O–H groups in total. The first kappa shape index (κ1) is 40.0. The van der Waals surface area contributed by atoms with Crippen LogP contribution in [0.3, 0.4) is 0 Å². The van der Waals surface area contributed by atoms with E-state index < -0.39 is 24.4 Å². The summed E-state index contributed by atoms with van der Waals surface area (Å²) in [7, 11) is 0. The van der Waals surface area contributed by atoms with Gasteiger partial charge in [0.25, 0.3) is 0 Å². The van der Waals surface area contributed by atoms with Crippen molar-refractivity contribution < 1.29 is 48.8 Å². The van der Waals surface area contributed by atoms with E-state index in [0.717, 1.165) is 25.7 Å². The first-order chi connectivity index (χ1) is 22.5. The van der Waals surface area contributed by atoms with Crippen LogP contribution in [0.1, 0.15) is 142 Å². The van der Waals surface area contributed by atoms with Gasteiger partial charge in [-0.2, -0.15) is 0 Å². The predicted octanol–water partition coefficient (Wildman–Crippen LogP) is 5.54. The van der Waals surface area contributed by atoms with Gasteiger partial charge in [-0.15, -0.1) is 0 Å². The zero-order valence-electron chi connectivity index (χ0n) is 29.0. The Kier molecular flexibility index (Phi) is 20.8. The van der Waals surface area contributed by atoms with Gasteiger partial charge in [-0.3, -0.25) is 0 Å². The molecule has 0 spiro atoms. The highest BCUT2D eigenvalue weighted by molar-refractivity contribution is 4.93. The van der Waals surface area contributed by atoms with Gasteiger partial charge in [0.15, 0.2) is 12.6 Å². The molecule has 0 radical (unpaired) electrons. The largest absolute Gasteiger partial charge is 0.394 e. The molecule has 10 atom stereocenters. The summed E-state index contributed by atoms with van der Waals surface area (Å²) < 4.78 is 33.9. The zero-order chi connectivity index (χ0) is 33.0. The average Bonchev–Trinajstić information content (AvgIpc) is 3.78. The zero-order valence-corrected chi connectivity index (χ0v) is 29.0. The van der Waals surface area contributed by atoms with Crippen molar-refractivity contribution in [2.45, 2.75) is 204 Å². The molecule has 0 bridgehead atoms. The fourth-order valence-electron chi connectivity index (χ4n) is 6.86. The van der Waals surface area contributed by atoms with Crippen molar-refractivity contribution in [1.29, 1.82) is 0 Å². The Morgan fingerprint density at radius 2 is 0.978 bits per heavy atom. The molecule has 4 aliphatic rings. The van der Waals surface area contributed by atoms with E-state index in [-0.39, 0.29) is 56.8 Å². The minimum absolute atomic E-state index is 0.0918. The maximum atomic E-state index is 9.90. The van der Waals surface area contributed by atoms with Crippen LogP contribution < -0.4 is 0 Å². The molecule has 4 rings (SSSR count). The minimum atomic E-state index is -0.866. The van der Waals surface area contributed by atoms with Crippen LogP contribution in [0.4, 0.5) is 0 Å². The molecule has 0 aromatic rings. The second-order valence-electron chi connectivity index (χ2n) is 13.8. The van der Waals surface area contributed by atoms with Crippen molar-refractivity contribution in [3.63, 3.8) is 0 Å². The van der Waals surface area contributed by atoms with Crippen molar-refractivity contribution in [2.75, 3.05) is 26.4 Å². The lowest BCUT2D eigenvalue weighted by Crippen LogP contribution is -2.52. The van der Waals surface area contributed by atoms with Crippen LogP contribution in [0.2, 0.25) is 0 Å². The fourth-order valence-corrected chi connectivity index (χ4v) is 6.86. The summed E-state index contributed by atoms with van der Waals surface area (Å²) >= 11 is 0. The van der Waals surface area contributed by atoms with Crippen LogP contribution in [-0.2, 0) is 28.4 Å². The van der Waals surface area contributed by atoms with E-state index in [1.807, 2.05) is 0 Å². The summed E-state index contributed by atoms with van der Waals surface area (Å²) in [4.78, 5) is 0. The van der Waals surface area contributed by atoms with Gasteiger partial charge < -0.3 is 48.8 Å². The molecule has 0 amide bonds. The number of aliphatic hydroxyl groups excluding tert-OH is 4. The van der Waals surface area contributed by atoms with Crippen LogP contribution in [-0.4, -0.2) is 108 Å². The molecule has 272 valence electrons. The van der Waals surface area contributed by atoms with Crippen LogP contribution >= 0.6 is 0 Å². The Balaban J connectivity index is 0.000000250. The monoisotopic (exact) mass is 660 g/mol. The summed E-state index contributed by atoms with van der Waals surface area (Å²) in [5.74, 6) is 0. The van der Waals surface area contributed by atoms with Crippen molar-refractivity contribution in [3.05, 3.63) is 0 Å². The Morgan fingerprint density at radius 3 is 1.50 bits per heavy atom. The lowest BCUT2D eigenvalue weighted by Gasteiger charge is -2.37. The molecule has 0 saturated carbocycles. The Bertz CT molecular complexity index is 742. The highest BCUT2D eigenvalue weighted by Gasteiger charge is 2.48. The molecular formula is C36H68O10. The second kappa shape index (κ2) is 23.9. The molecule has 4 fully saturated rings. The van der Waals surface area contributed by atoms with Gasteiger partial charge >= 0.3 is 0 Å². The van der Waals surface area contributed by atoms with E-state index in [2.05, 4.69) is 13.8 Å². The lowest BCUT2D eigenvalue weighted by atomic mass is 10.0. The van der Waals surface area contributed by atoms with E-state index in [4.69, 9.17) is 28.4 Å². The molecule has 10 nitrogen and oxygen atoms in total. The molecule has 4 heterocycles. The molecule has 4 saturated heterocycles. The maximum absolute atomic E-state index is 9.90. The van der Waals surface area contributed by atoms with Crippen molar-refractivity contribution >= 4 is 0 Å². The smallest absolute Gasteiger partial charge is 0.158 e. The summed E-state index contributed by atoms with van der Waals surface area (Å²) in [6, 6.07) is 0. The highest BCUT2D eigenvalue weighted by Crippen LogP contribution is 2.31. The summed E-state index contributed by atoms with van der Waals surface area (Å²) in [6.45, 7) is 5.28. The predicted molar refractivity (Wildman–Crippen MR) is 176 cm³/mol. The number of ether oxygens (including phenoxy) is 6. The number of fused-ring (bicyclic) bond motifs is 1. The number of hydrogen-bond donors (Lipinski definition) is 4. The summed E-state index contributed by atoms with van der Waals surface area (Å²) in [5.41, 5.74) is 0. The van der Waals surface area contributed by atoms with Crippen molar-refractivity contribution in [3.8, 4) is 0 Å². The Labute approximate surface area is 278 Å². The number of unbranched alkanes of at least 4 members (excludes halogenated alkanes) is 16. The van der Waals surface area contributed by atoms with E-state index in [1.54, 1.807) is 0 Å². The van der Waals surface area contributed by atoms with E-state index in [9.17, 15) is 20.4 Å². The van der Waals surface area contributed by atoms with Gasteiger partial charge in [0.1, 0.15) is 48.8 Å². The number of aliphatic hydroxyl groups is 4. The molecule has 2 unspecified atom stereocenters. The molecule has 46 heavy (non-hydrogen) atoms. The maximum Gasteiger partial charge on any atom is 0.158 e. The molecule has 0 aromatic heterocycles. The van der Waals surface area contributed by atoms with Crippen LogP contribution in [0, 0.1) is 0 Å². The van der Waals surface area contributed by atoms with Crippen molar-refractivity contribution in [1.82, 2.24) is 0 Å².